The third kappa shape index (κ3) is 4.76. The number of ether oxygens (including phenoxy) is 2. The Labute approximate surface area is 192 Å². The molecule has 1 aromatic carbocycles. The van der Waals surface area contributed by atoms with Gasteiger partial charge in [-0.15, -0.1) is 0 Å². The minimum atomic E-state index is -3.20. The van der Waals surface area contributed by atoms with Crippen LogP contribution in [0.1, 0.15) is 58.4 Å². The highest BCUT2D eigenvalue weighted by atomic mass is 32.2. The number of carbonyl (C=O) groups excluding carboxylic acids is 1. The second-order valence-corrected chi connectivity index (χ2v) is 11.8. The number of amides is 1. The van der Waals surface area contributed by atoms with E-state index in [0.717, 1.165) is 29.9 Å². The van der Waals surface area contributed by atoms with E-state index in [2.05, 4.69) is 18.7 Å². The van der Waals surface area contributed by atoms with Crippen LogP contribution in [0.5, 0.6) is 11.5 Å². The molecule has 7 nitrogen and oxygen atoms in total. The van der Waals surface area contributed by atoms with Gasteiger partial charge in [-0.05, 0) is 55.7 Å². The summed E-state index contributed by atoms with van der Waals surface area (Å²) >= 11 is 0. The molecule has 3 atom stereocenters. The van der Waals surface area contributed by atoms with Gasteiger partial charge in [0.15, 0.2) is 11.5 Å². The van der Waals surface area contributed by atoms with Gasteiger partial charge < -0.3 is 14.4 Å². The number of fused-ring (bicyclic) bond motifs is 1. The van der Waals surface area contributed by atoms with Crippen molar-refractivity contribution < 1.29 is 22.7 Å². The van der Waals surface area contributed by atoms with E-state index in [1.54, 1.807) is 11.2 Å². The SMILES string of the molecule is CCS(=O)(=O)N1CCC(C(=O)N(Cc2ccc3c(c2)OCO3)C2CCCC(C)C2C)CC1. The molecule has 0 aromatic heterocycles. The molecule has 3 aliphatic rings. The van der Waals surface area contributed by atoms with E-state index in [4.69, 9.17) is 9.47 Å². The predicted octanol–water partition coefficient (Wildman–Crippen LogP) is 3.63. The van der Waals surface area contributed by atoms with Gasteiger partial charge in [-0.3, -0.25) is 4.79 Å². The number of sulfonamides is 1. The minimum absolute atomic E-state index is 0.110. The van der Waals surface area contributed by atoms with E-state index in [9.17, 15) is 13.2 Å². The maximum absolute atomic E-state index is 13.8. The van der Waals surface area contributed by atoms with Gasteiger partial charge in [-0.25, -0.2) is 12.7 Å². The molecule has 2 fully saturated rings. The van der Waals surface area contributed by atoms with Gasteiger partial charge in [0.1, 0.15) is 0 Å². The first-order chi connectivity index (χ1) is 15.3. The first-order valence-electron chi connectivity index (χ1n) is 12.0. The lowest BCUT2D eigenvalue weighted by Crippen LogP contribution is -2.51. The van der Waals surface area contributed by atoms with E-state index < -0.39 is 10.0 Å². The number of benzene rings is 1. The van der Waals surface area contributed by atoms with Crippen molar-refractivity contribution in [1.29, 1.82) is 0 Å². The molecule has 2 aliphatic heterocycles. The average molecular weight is 465 g/mol. The van der Waals surface area contributed by atoms with Crippen LogP contribution in [0.4, 0.5) is 0 Å². The Hall–Kier alpha value is -1.80. The fourth-order valence-corrected chi connectivity index (χ4v) is 6.52. The summed E-state index contributed by atoms with van der Waals surface area (Å²) < 4.78 is 37.0. The summed E-state index contributed by atoms with van der Waals surface area (Å²) in [6, 6.07) is 6.12. The van der Waals surface area contributed by atoms with E-state index in [1.807, 2.05) is 18.2 Å². The van der Waals surface area contributed by atoms with Crippen LogP contribution >= 0.6 is 0 Å². The summed E-state index contributed by atoms with van der Waals surface area (Å²) in [5, 5.41) is 0. The summed E-state index contributed by atoms with van der Waals surface area (Å²) in [5.74, 6) is 2.65. The number of carbonyl (C=O) groups is 1. The Kier molecular flexibility index (Phi) is 7.00. The van der Waals surface area contributed by atoms with Crippen LogP contribution in [0.3, 0.4) is 0 Å². The Morgan fingerprint density at radius 3 is 2.53 bits per heavy atom. The fourth-order valence-electron chi connectivity index (χ4n) is 5.39. The maximum atomic E-state index is 13.8. The second kappa shape index (κ2) is 9.59. The number of nitrogens with zero attached hydrogens (tertiary/aromatic N) is 2. The first kappa shape index (κ1) is 23.4. The van der Waals surface area contributed by atoms with E-state index >= 15 is 0 Å². The minimum Gasteiger partial charge on any atom is -0.454 e. The second-order valence-electron chi connectivity index (χ2n) is 9.56. The number of piperidine rings is 1. The van der Waals surface area contributed by atoms with Gasteiger partial charge in [-0.2, -0.15) is 0 Å². The fraction of sp³-hybridized carbons (Fsp3) is 0.708. The number of hydrogen-bond acceptors (Lipinski definition) is 5. The van der Waals surface area contributed by atoms with Gasteiger partial charge in [0.25, 0.3) is 0 Å². The van der Waals surface area contributed by atoms with Crippen LogP contribution in [0.15, 0.2) is 18.2 Å². The first-order valence-corrected chi connectivity index (χ1v) is 13.6. The molecular formula is C24H36N2O5S. The van der Waals surface area contributed by atoms with E-state index in [0.29, 0.717) is 44.3 Å². The molecule has 0 spiro atoms. The average Bonchev–Trinajstić information content (AvgIpc) is 3.27. The Balaban J connectivity index is 1.53. The summed E-state index contributed by atoms with van der Waals surface area (Å²) in [5.41, 5.74) is 1.04. The molecule has 2 heterocycles. The maximum Gasteiger partial charge on any atom is 0.231 e. The van der Waals surface area contributed by atoms with Crippen molar-refractivity contribution in [3.8, 4) is 11.5 Å². The molecule has 8 heteroatoms. The highest BCUT2D eigenvalue weighted by Gasteiger charge is 2.38. The monoisotopic (exact) mass is 464 g/mol. The number of rotatable bonds is 6. The van der Waals surface area contributed by atoms with Crippen molar-refractivity contribution >= 4 is 15.9 Å². The quantitative estimate of drug-likeness (QED) is 0.643. The van der Waals surface area contributed by atoms with Crippen LogP contribution in [0.2, 0.25) is 0 Å². The lowest BCUT2D eigenvalue weighted by atomic mass is 9.76. The molecule has 0 bridgehead atoms. The van der Waals surface area contributed by atoms with E-state index in [1.165, 1.54) is 6.42 Å². The Bertz CT molecular complexity index is 926. The van der Waals surface area contributed by atoms with E-state index in [-0.39, 0.29) is 30.4 Å². The summed E-state index contributed by atoms with van der Waals surface area (Å²) in [6.45, 7) is 7.87. The molecule has 0 N–H and O–H groups in total. The smallest absolute Gasteiger partial charge is 0.231 e. The molecule has 1 saturated carbocycles. The third-order valence-corrected chi connectivity index (χ3v) is 9.58. The summed E-state index contributed by atoms with van der Waals surface area (Å²) in [7, 11) is -3.20. The molecule has 1 saturated heterocycles. The lowest BCUT2D eigenvalue weighted by Gasteiger charge is -2.44. The summed E-state index contributed by atoms with van der Waals surface area (Å²) in [4.78, 5) is 15.9. The van der Waals surface area contributed by atoms with Crippen molar-refractivity contribution in [2.24, 2.45) is 17.8 Å². The Morgan fingerprint density at radius 1 is 1.09 bits per heavy atom. The molecule has 1 aliphatic carbocycles. The largest absolute Gasteiger partial charge is 0.454 e. The standard InChI is InChI=1S/C24H36N2O5S/c1-4-32(28,29)25-12-10-20(11-13-25)24(27)26(21-7-5-6-17(2)18(21)3)15-19-8-9-22-23(14-19)31-16-30-22/h8-9,14,17-18,20-21H,4-7,10-13,15-16H2,1-3H3. The van der Waals surface area contributed by atoms with Gasteiger partial charge in [0.05, 0.1) is 5.75 Å². The summed E-state index contributed by atoms with van der Waals surface area (Å²) in [6.07, 6.45) is 4.54. The number of hydrogen-bond donors (Lipinski definition) is 0. The highest BCUT2D eigenvalue weighted by Crippen LogP contribution is 2.37. The molecule has 1 aromatic rings. The topological polar surface area (TPSA) is 76.2 Å². The molecule has 4 rings (SSSR count). The molecule has 3 unspecified atom stereocenters. The van der Waals surface area contributed by atoms with Crippen LogP contribution in [-0.2, 0) is 21.4 Å². The molecule has 0 radical (unpaired) electrons. The van der Waals surface area contributed by atoms with Crippen LogP contribution in [0, 0.1) is 17.8 Å². The van der Waals surface area contributed by atoms with Gasteiger partial charge >= 0.3 is 0 Å². The van der Waals surface area contributed by atoms with Crippen molar-refractivity contribution in [2.75, 3.05) is 25.6 Å². The van der Waals surface area contributed by atoms with Gasteiger partial charge in [-0.1, -0.05) is 32.8 Å². The normalized spacial score (nSPS) is 26.8. The Morgan fingerprint density at radius 2 is 1.81 bits per heavy atom. The molecule has 32 heavy (non-hydrogen) atoms. The zero-order valence-electron chi connectivity index (χ0n) is 19.5. The van der Waals surface area contributed by atoms with Crippen molar-refractivity contribution in [3.05, 3.63) is 23.8 Å². The van der Waals surface area contributed by atoms with Crippen molar-refractivity contribution in [1.82, 2.24) is 9.21 Å². The van der Waals surface area contributed by atoms with Crippen molar-refractivity contribution in [2.45, 2.75) is 65.5 Å². The van der Waals surface area contributed by atoms with Gasteiger partial charge in [0, 0.05) is 31.6 Å². The molecule has 178 valence electrons. The predicted molar refractivity (Wildman–Crippen MR) is 123 cm³/mol. The molecular weight excluding hydrogens is 428 g/mol. The zero-order chi connectivity index (χ0) is 22.9. The van der Waals surface area contributed by atoms with Crippen LogP contribution < -0.4 is 9.47 Å². The van der Waals surface area contributed by atoms with Crippen LogP contribution in [0.25, 0.3) is 0 Å². The van der Waals surface area contributed by atoms with Crippen LogP contribution in [-0.4, -0.2) is 55.2 Å². The third-order valence-electron chi connectivity index (χ3n) is 7.70. The van der Waals surface area contributed by atoms with Crippen molar-refractivity contribution in [3.63, 3.8) is 0 Å². The lowest BCUT2D eigenvalue weighted by molar-refractivity contribution is -0.142. The van der Waals surface area contributed by atoms with Gasteiger partial charge in [0.2, 0.25) is 22.7 Å². The molecule has 1 amide bonds. The zero-order valence-corrected chi connectivity index (χ0v) is 20.3. The highest BCUT2D eigenvalue weighted by molar-refractivity contribution is 7.89.